The van der Waals surface area contributed by atoms with Crippen LogP contribution >= 0.6 is 0 Å². The van der Waals surface area contributed by atoms with E-state index in [1.807, 2.05) is 18.2 Å². The molecule has 0 radical (unpaired) electrons. The van der Waals surface area contributed by atoms with Gasteiger partial charge in [0.2, 0.25) is 24.5 Å². The zero-order chi connectivity index (χ0) is 19.1. The van der Waals surface area contributed by atoms with Gasteiger partial charge in [0, 0.05) is 25.9 Å². The Bertz CT molecular complexity index is 758. The molecule has 0 aliphatic carbocycles. The van der Waals surface area contributed by atoms with E-state index in [9.17, 15) is 4.79 Å². The molecule has 1 amide bonds. The number of ether oxygens (including phenoxy) is 2. The van der Waals surface area contributed by atoms with Crippen LogP contribution in [0.1, 0.15) is 37.6 Å². The van der Waals surface area contributed by atoms with Crippen LogP contribution in [-0.4, -0.2) is 54.0 Å². The molecule has 1 aliphatic rings. The summed E-state index contributed by atoms with van der Waals surface area (Å²) in [5.74, 6) is 2.47. The lowest BCUT2D eigenvalue weighted by Gasteiger charge is -2.17. The molecule has 0 unspecified atom stereocenters. The first-order chi connectivity index (χ1) is 13.2. The average molecular weight is 374 g/mol. The number of hydrogen-bond acceptors (Lipinski definition) is 7. The number of nitrogens with zero attached hydrogens (tertiary/aromatic N) is 3. The van der Waals surface area contributed by atoms with Crippen molar-refractivity contribution in [3.05, 3.63) is 35.5 Å². The van der Waals surface area contributed by atoms with E-state index in [0.717, 1.165) is 36.7 Å². The normalized spacial score (nSPS) is 12.6. The Balaban J connectivity index is 1.42. The van der Waals surface area contributed by atoms with Crippen molar-refractivity contribution < 1.29 is 18.7 Å². The summed E-state index contributed by atoms with van der Waals surface area (Å²) in [6.07, 6.45) is 1.29. The molecule has 1 aromatic carbocycles. The second kappa shape index (κ2) is 9.36. The third-order valence-corrected chi connectivity index (χ3v) is 4.51. The molecule has 27 heavy (non-hydrogen) atoms. The van der Waals surface area contributed by atoms with Gasteiger partial charge in [-0.25, -0.2) is 0 Å². The molecule has 2 aromatic rings. The first kappa shape index (κ1) is 19.2. The number of nitrogens with one attached hydrogen (secondary N) is 1. The molecule has 0 atom stereocenters. The number of fused-ring (bicyclic) bond motifs is 1. The summed E-state index contributed by atoms with van der Waals surface area (Å²) >= 11 is 0. The summed E-state index contributed by atoms with van der Waals surface area (Å²) in [6.45, 7) is 7.96. The van der Waals surface area contributed by atoms with Crippen LogP contribution in [0.25, 0.3) is 0 Å². The van der Waals surface area contributed by atoms with Crippen LogP contribution < -0.4 is 14.8 Å². The van der Waals surface area contributed by atoms with Gasteiger partial charge in [-0.3, -0.25) is 4.79 Å². The topological polar surface area (TPSA) is 89.7 Å². The van der Waals surface area contributed by atoms with E-state index < -0.39 is 0 Å². The number of benzene rings is 1. The van der Waals surface area contributed by atoms with Crippen LogP contribution in [0.5, 0.6) is 11.5 Å². The number of aryl methyl sites for hydroxylation is 1. The number of aromatic nitrogens is 2. The molecule has 8 nitrogen and oxygen atoms in total. The van der Waals surface area contributed by atoms with Crippen LogP contribution in [-0.2, 0) is 17.6 Å². The van der Waals surface area contributed by atoms with Gasteiger partial charge < -0.3 is 24.1 Å². The van der Waals surface area contributed by atoms with Crippen LogP contribution in [0, 0.1) is 0 Å². The molecule has 0 saturated carbocycles. The van der Waals surface area contributed by atoms with Crippen molar-refractivity contribution in [1.29, 1.82) is 0 Å². The Hall–Kier alpha value is -2.61. The smallest absolute Gasteiger partial charge is 0.231 e. The van der Waals surface area contributed by atoms with Crippen molar-refractivity contribution in [1.82, 2.24) is 20.4 Å². The number of amides is 1. The number of carbonyl (C=O) groups is 1. The maximum absolute atomic E-state index is 11.9. The summed E-state index contributed by atoms with van der Waals surface area (Å²) in [4.78, 5) is 14.2. The molecule has 0 fully saturated rings. The van der Waals surface area contributed by atoms with E-state index in [1.54, 1.807) is 0 Å². The molecule has 146 valence electrons. The quantitative estimate of drug-likeness (QED) is 0.678. The minimum absolute atomic E-state index is 0.00215. The highest BCUT2D eigenvalue weighted by Crippen LogP contribution is 2.32. The monoisotopic (exact) mass is 374 g/mol. The van der Waals surface area contributed by atoms with Crippen LogP contribution in [0.15, 0.2) is 22.6 Å². The van der Waals surface area contributed by atoms with Gasteiger partial charge in [-0.15, -0.1) is 10.2 Å². The summed E-state index contributed by atoms with van der Waals surface area (Å²) < 4.78 is 16.3. The summed E-state index contributed by atoms with van der Waals surface area (Å²) in [7, 11) is 0. The van der Waals surface area contributed by atoms with Crippen molar-refractivity contribution in [3.8, 4) is 11.5 Å². The standard InChI is InChI=1S/C19H26N4O4/c1-3-23(4-2)10-9-20-17(24)7-8-18-21-22-19(27-18)12-14-5-6-15-16(11-14)26-13-25-15/h5-6,11H,3-4,7-10,12-13H2,1-2H3,(H,20,24). The van der Waals surface area contributed by atoms with Gasteiger partial charge >= 0.3 is 0 Å². The van der Waals surface area contributed by atoms with Gasteiger partial charge in [0.05, 0.1) is 6.42 Å². The van der Waals surface area contributed by atoms with Crippen molar-refractivity contribution in [2.24, 2.45) is 0 Å². The van der Waals surface area contributed by atoms with Crippen molar-refractivity contribution >= 4 is 5.91 Å². The highest BCUT2D eigenvalue weighted by atomic mass is 16.7. The Labute approximate surface area is 158 Å². The third-order valence-electron chi connectivity index (χ3n) is 4.51. The first-order valence-corrected chi connectivity index (χ1v) is 9.36. The molecular weight excluding hydrogens is 348 g/mol. The second-order valence-electron chi connectivity index (χ2n) is 6.33. The van der Waals surface area contributed by atoms with Gasteiger partial charge in [-0.1, -0.05) is 19.9 Å². The molecule has 3 rings (SSSR count). The predicted molar refractivity (Wildman–Crippen MR) is 98.8 cm³/mol. The third kappa shape index (κ3) is 5.43. The summed E-state index contributed by atoms with van der Waals surface area (Å²) in [5.41, 5.74) is 1.00. The zero-order valence-electron chi connectivity index (χ0n) is 15.9. The molecular formula is C19H26N4O4. The zero-order valence-corrected chi connectivity index (χ0v) is 15.9. The van der Waals surface area contributed by atoms with Crippen molar-refractivity contribution in [3.63, 3.8) is 0 Å². The Morgan fingerprint density at radius 1 is 1.15 bits per heavy atom. The molecule has 0 spiro atoms. The van der Waals surface area contributed by atoms with Crippen LogP contribution in [0.2, 0.25) is 0 Å². The van der Waals surface area contributed by atoms with Gasteiger partial charge in [-0.05, 0) is 30.8 Å². The second-order valence-corrected chi connectivity index (χ2v) is 6.33. The lowest BCUT2D eigenvalue weighted by atomic mass is 10.1. The van der Waals surface area contributed by atoms with E-state index in [4.69, 9.17) is 13.9 Å². The van der Waals surface area contributed by atoms with E-state index >= 15 is 0 Å². The first-order valence-electron chi connectivity index (χ1n) is 9.36. The maximum atomic E-state index is 11.9. The SMILES string of the molecule is CCN(CC)CCNC(=O)CCc1nnc(Cc2ccc3c(c2)OCO3)o1. The number of likely N-dealkylation sites (N-methyl/N-ethyl adjacent to an activating group) is 1. The van der Waals surface area contributed by atoms with Crippen LogP contribution in [0.3, 0.4) is 0 Å². The molecule has 2 heterocycles. The minimum Gasteiger partial charge on any atom is -0.454 e. The van der Waals surface area contributed by atoms with Gasteiger partial charge in [0.25, 0.3) is 0 Å². The number of carbonyl (C=O) groups excluding carboxylic acids is 1. The van der Waals surface area contributed by atoms with Gasteiger partial charge in [0.1, 0.15) is 0 Å². The fourth-order valence-corrected chi connectivity index (χ4v) is 2.89. The lowest BCUT2D eigenvalue weighted by molar-refractivity contribution is -0.121. The molecule has 8 heteroatoms. The van der Waals surface area contributed by atoms with E-state index in [0.29, 0.717) is 37.6 Å². The highest BCUT2D eigenvalue weighted by molar-refractivity contribution is 5.75. The Morgan fingerprint density at radius 3 is 2.74 bits per heavy atom. The molecule has 1 aliphatic heterocycles. The minimum atomic E-state index is -0.00215. The molecule has 1 aromatic heterocycles. The van der Waals surface area contributed by atoms with Crippen LogP contribution in [0.4, 0.5) is 0 Å². The van der Waals surface area contributed by atoms with E-state index in [2.05, 4.69) is 34.3 Å². The average Bonchev–Trinajstić information content (AvgIpc) is 3.32. The number of hydrogen-bond donors (Lipinski definition) is 1. The van der Waals surface area contributed by atoms with Crippen molar-refractivity contribution in [2.75, 3.05) is 33.0 Å². The fraction of sp³-hybridized carbons (Fsp3) is 0.526. The summed E-state index contributed by atoms with van der Waals surface area (Å²) in [5, 5.41) is 11.0. The van der Waals surface area contributed by atoms with E-state index in [-0.39, 0.29) is 12.7 Å². The highest BCUT2D eigenvalue weighted by Gasteiger charge is 2.15. The predicted octanol–water partition coefficient (Wildman–Crippen LogP) is 1.78. The largest absolute Gasteiger partial charge is 0.454 e. The van der Waals surface area contributed by atoms with E-state index in [1.165, 1.54) is 0 Å². The van der Waals surface area contributed by atoms with Gasteiger partial charge in [0.15, 0.2) is 11.5 Å². The van der Waals surface area contributed by atoms with Crippen molar-refractivity contribution in [2.45, 2.75) is 33.1 Å². The number of rotatable bonds is 10. The fourth-order valence-electron chi connectivity index (χ4n) is 2.89. The molecule has 1 N–H and O–H groups in total. The maximum Gasteiger partial charge on any atom is 0.231 e. The summed E-state index contributed by atoms with van der Waals surface area (Å²) in [6, 6.07) is 5.73. The Kier molecular flexibility index (Phi) is 6.64. The van der Waals surface area contributed by atoms with Gasteiger partial charge in [-0.2, -0.15) is 0 Å². The molecule has 0 saturated heterocycles. The Morgan fingerprint density at radius 2 is 1.93 bits per heavy atom. The molecule has 0 bridgehead atoms. The lowest BCUT2D eigenvalue weighted by Crippen LogP contribution is -2.34.